The van der Waals surface area contributed by atoms with Crippen LogP contribution in [0.4, 0.5) is 16.2 Å². The van der Waals surface area contributed by atoms with E-state index in [9.17, 15) is 24.9 Å². The number of alkyl halides is 1. The molecule has 1 unspecified atom stereocenters. The van der Waals surface area contributed by atoms with Gasteiger partial charge in [-0.15, -0.1) is 0 Å². The minimum atomic E-state index is -2.93. The predicted octanol–water partition coefficient (Wildman–Crippen LogP) is 0.738. The summed E-state index contributed by atoms with van der Waals surface area (Å²) in [6, 6.07) is 7.43. The smallest absolute Gasteiger partial charge is 0.348 e. The van der Waals surface area contributed by atoms with Gasteiger partial charge >= 0.3 is 11.9 Å². The fourth-order valence-electron chi connectivity index (χ4n) is 4.47. The van der Waals surface area contributed by atoms with E-state index in [2.05, 4.69) is 25.0 Å². The molecule has 3 heterocycles. The number of fused-ring (bicyclic) bond motifs is 2. The number of nitrogens with zero attached hydrogens (tertiary/aromatic N) is 8. The molecule has 1 saturated carbocycles. The van der Waals surface area contributed by atoms with Gasteiger partial charge in [0, 0.05) is 11.3 Å². The maximum absolute atomic E-state index is 15.6. The average molecular weight is 525 g/mol. The zero-order chi connectivity index (χ0) is 27.4. The van der Waals surface area contributed by atoms with Crippen molar-refractivity contribution in [2.75, 3.05) is 5.73 Å². The molecule has 2 aromatic heterocycles. The number of anilines is 1. The molecule has 38 heavy (non-hydrogen) atoms. The van der Waals surface area contributed by atoms with Crippen LogP contribution in [0.2, 0.25) is 0 Å². The lowest BCUT2D eigenvalue weighted by atomic mass is 9.93. The lowest BCUT2D eigenvalue weighted by molar-refractivity contribution is -0.194. The van der Waals surface area contributed by atoms with Crippen LogP contribution in [-0.4, -0.2) is 76.4 Å². The summed E-state index contributed by atoms with van der Waals surface area (Å²) < 4.78 is 27.7. The zero-order valence-electron chi connectivity index (χ0n) is 18.9. The maximum atomic E-state index is 15.6. The Morgan fingerprint density at radius 1 is 1.39 bits per heavy atom. The summed E-state index contributed by atoms with van der Waals surface area (Å²) in [4.78, 5) is 38.6. The quantitative estimate of drug-likeness (QED) is 0.137. The van der Waals surface area contributed by atoms with Gasteiger partial charge in [0.2, 0.25) is 5.95 Å². The van der Waals surface area contributed by atoms with Gasteiger partial charge in [-0.3, -0.25) is 4.57 Å². The summed E-state index contributed by atoms with van der Waals surface area (Å²) in [5, 5.41) is 43.0. The van der Waals surface area contributed by atoms with Crippen LogP contribution in [0.1, 0.15) is 17.4 Å². The molecule has 1 aromatic carbocycles. The second kappa shape index (κ2) is 8.61. The SMILES string of the molecule is N#Cc1cccc(CC(OC2[C@H]3O[C@@H](n4cnc5c(N)nc(N=[N+]=[N-])nc54)[C@@H](F)[C@@]23O)(C(=O)O)C(=O)O)c1. The van der Waals surface area contributed by atoms with Gasteiger partial charge in [-0.1, -0.05) is 12.1 Å². The number of carbonyl (C=O) groups is 2. The van der Waals surface area contributed by atoms with Crippen molar-refractivity contribution < 1.29 is 38.8 Å². The van der Waals surface area contributed by atoms with Crippen LogP contribution >= 0.6 is 0 Å². The van der Waals surface area contributed by atoms with Gasteiger partial charge in [-0.05, 0) is 28.3 Å². The molecule has 2 fully saturated rings. The molecular formula is C21H16FN9O7. The van der Waals surface area contributed by atoms with E-state index in [0.717, 1.165) is 10.9 Å². The van der Waals surface area contributed by atoms with E-state index in [1.165, 1.54) is 24.3 Å². The Balaban J connectivity index is 1.43. The van der Waals surface area contributed by atoms with Crippen molar-refractivity contribution in [1.82, 2.24) is 19.5 Å². The van der Waals surface area contributed by atoms with Crippen LogP contribution < -0.4 is 5.73 Å². The number of rotatable bonds is 8. The summed E-state index contributed by atoms with van der Waals surface area (Å²) >= 11 is 0. The number of carboxylic acid groups (broad SMARTS) is 2. The van der Waals surface area contributed by atoms with Crippen molar-refractivity contribution >= 4 is 34.9 Å². The van der Waals surface area contributed by atoms with E-state index in [1.807, 2.05) is 6.07 Å². The molecular weight excluding hydrogens is 509 g/mol. The van der Waals surface area contributed by atoms with Crippen LogP contribution in [0.25, 0.3) is 21.6 Å². The number of hydrogen-bond donors (Lipinski definition) is 4. The summed E-state index contributed by atoms with van der Waals surface area (Å²) in [5.41, 5.74) is 9.36. The number of aliphatic carboxylic acids is 2. The maximum Gasteiger partial charge on any atom is 0.348 e. The van der Waals surface area contributed by atoms with Gasteiger partial charge in [-0.25, -0.2) is 28.9 Å². The Bertz CT molecular complexity index is 1570. The standard InChI is InChI=1S/C21H16FN9O7/c22-11-16(31-7-26-10-14(24)27-19(29-30-25)28-15(10)31)37-12-13(21(11,12)36)38-20(17(32)33,18(34)35)5-8-2-1-3-9(4-8)6-23/h1-4,7,11-13,16,36H,5H2,(H,32,33)(H,34,35)(H2,24,27,28)/t11-,12-,13?,16-,21+/m1/s1. The molecule has 0 radical (unpaired) electrons. The molecule has 17 heteroatoms. The van der Waals surface area contributed by atoms with E-state index >= 15 is 4.39 Å². The number of ether oxygens (including phenoxy) is 2. The molecule has 5 N–H and O–H groups in total. The van der Waals surface area contributed by atoms with E-state index in [4.69, 9.17) is 26.0 Å². The Morgan fingerprint density at radius 3 is 2.74 bits per heavy atom. The summed E-state index contributed by atoms with van der Waals surface area (Å²) in [7, 11) is 0. The molecule has 0 bridgehead atoms. The normalized spacial score (nSPS) is 25.8. The van der Waals surface area contributed by atoms with E-state index in [1.54, 1.807) is 0 Å². The molecule has 3 aromatic rings. The van der Waals surface area contributed by atoms with Gasteiger partial charge in [0.25, 0.3) is 5.60 Å². The number of hydrogen-bond acceptors (Lipinski definition) is 11. The molecule has 5 rings (SSSR count). The van der Waals surface area contributed by atoms with Crippen molar-refractivity contribution in [3.05, 3.63) is 52.2 Å². The highest BCUT2D eigenvalue weighted by Crippen LogP contribution is 2.58. The van der Waals surface area contributed by atoms with Crippen LogP contribution in [0.5, 0.6) is 0 Å². The average Bonchev–Trinajstić information content (AvgIpc) is 3.13. The van der Waals surface area contributed by atoms with Crippen LogP contribution in [-0.2, 0) is 25.5 Å². The predicted molar refractivity (Wildman–Crippen MR) is 120 cm³/mol. The van der Waals surface area contributed by atoms with Gasteiger partial charge in [0.1, 0.15) is 17.7 Å². The van der Waals surface area contributed by atoms with Gasteiger partial charge in [0.15, 0.2) is 29.5 Å². The molecule has 16 nitrogen and oxygen atoms in total. The molecule has 1 aliphatic heterocycles. The number of imidazole rings is 1. The number of aromatic nitrogens is 4. The topological polar surface area (TPSA) is 255 Å². The third-order valence-electron chi connectivity index (χ3n) is 6.43. The van der Waals surface area contributed by atoms with Gasteiger partial charge < -0.3 is 30.5 Å². The number of benzene rings is 1. The molecule has 0 spiro atoms. The number of nitrogens with two attached hydrogens (primary N) is 1. The molecule has 194 valence electrons. The van der Waals surface area contributed by atoms with Crippen molar-refractivity contribution in [1.29, 1.82) is 5.26 Å². The van der Waals surface area contributed by atoms with Crippen LogP contribution in [0.3, 0.4) is 0 Å². The van der Waals surface area contributed by atoms with Gasteiger partial charge in [0.05, 0.1) is 18.0 Å². The molecule has 5 atom stereocenters. The van der Waals surface area contributed by atoms with Gasteiger partial charge in [-0.2, -0.15) is 5.26 Å². The lowest BCUT2D eigenvalue weighted by Crippen LogP contribution is -2.53. The largest absolute Gasteiger partial charge is 0.479 e. The van der Waals surface area contributed by atoms with Crippen molar-refractivity contribution in [2.45, 2.75) is 42.2 Å². The minimum absolute atomic E-state index is 0.0356. The van der Waals surface area contributed by atoms with Crippen molar-refractivity contribution in [2.24, 2.45) is 5.11 Å². The van der Waals surface area contributed by atoms with Crippen molar-refractivity contribution in [3.63, 3.8) is 0 Å². The third kappa shape index (κ3) is 3.55. The van der Waals surface area contributed by atoms with Crippen LogP contribution in [0.15, 0.2) is 35.7 Å². The second-order valence-corrected chi connectivity index (χ2v) is 8.62. The number of halogens is 1. The second-order valence-electron chi connectivity index (χ2n) is 8.62. The highest BCUT2D eigenvalue weighted by Gasteiger charge is 2.80. The first-order valence-corrected chi connectivity index (χ1v) is 10.8. The molecule has 1 saturated heterocycles. The highest BCUT2D eigenvalue weighted by molar-refractivity contribution is 6.02. The summed E-state index contributed by atoms with van der Waals surface area (Å²) in [6.45, 7) is 0. The summed E-state index contributed by atoms with van der Waals surface area (Å²) in [6.07, 6.45) is -6.52. The number of nitrogen functional groups attached to an aromatic ring is 1. The first kappa shape index (κ1) is 24.8. The minimum Gasteiger partial charge on any atom is -0.479 e. The fraction of sp³-hybridized carbons (Fsp3) is 0.333. The fourth-order valence-corrected chi connectivity index (χ4v) is 4.47. The number of azide groups is 1. The first-order chi connectivity index (χ1) is 18.1. The van der Waals surface area contributed by atoms with Crippen LogP contribution in [0, 0.1) is 11.3 Å². The molecule has 0 amide bonds. The highest BCUT2D eigenvalue weighted by atomic mass is 19.1. The summed E-state index contributed by atoms with van der Waals surface area (Å²) in [5.74, 6) is -4.33. The third-order valence-corrected chi connectivity index (χ3v) is 6.43. The molecule has 2 aliphatic rings. The number of nitriles is 1. The Kier molecular flexibility index (Phi) is 5.62. The number of carboxylic acids is 2. The monoisotopic (exact) mass is 525 g/mol. The van der Waals surface area contributed by atoms with Crippen molar-refractivity contribution in [3.8, 4) is 6.07 Å². The van der Waals surface area contributed by atoms with E-state index in [-0.39, 0.29) is 34.1 Å². The zero-order valence-corrected chi connectivity index (χ0v) is 18.9. The Morgan fingerprint density at radius 2 is 2.13 bits per heavy atom. The number of aliphatic hydroxyl groups is 1. The Hall–Kier alpha value is -4.88. The van der Waals surface area contributed by atoms with E-state index < -0.39 is 54.2 Å². The molecule has 1 aliphatic carbocycles. The lowest BCUT2D eigenvalue weighted by Gasteiger charge is -2.28. The van der Waals surface area contributed by atoms with E-state index in [0.29, 0.717) is 0 Å². The first-order valence-electron chi connectivity index (χ1n) is 10.8. The Labute approximate surface area is 210 Å².